The van der Waals surface area contributed by atoms with E-state index >= 15 is 0 Å². The molecule has 0 bridgehead atoms. The van der Waals surface area contributed by atoms with E-state index in [2.05, 4.69) is 9.47 Å². The Bertz CT molecular complexity index is 308. The van der Waals surface area contributed by atoms with Crippen LogP contribution in [-0.4, -0.2) is 37.7 Å². The Labute approximate surface area is 106 Å². The van der Waals surface area contributed by atoms with Gasteiger partial charge in [0.2, 0.25) is 0 Å². The van der Waals surface area contributed by atoms with E-state index in [9.17, 15) is 14.4 Å². The number of esters is 3. The van der Waals surface area contributed by atoms with E-state index in [1.54, 1.807) is 0 Å². The summed E-state index contributed by atoms with van der Waals surface area (Å²) in [6, 6.07) is 0. The van der Waals surface area contributed by atoms with Crippen LogP contribution in [0.1, 0.15) is 26.7 Å². The lowest BCUT2D eigenvalue weighted by molar-refractivity contribution is -0.156. The largest absolute Gasteiger partial charge is 0.463 e. The van der Waals surface area contributed by atoms with Gasteiger partial charge in [-0.2, -0.15) is 0 Å². The molecule has 0 aliphatic heterocycles. The van der Waals surface area contributed by atoms with E-state index in [4.69, 9.17) is 4.74 Å². The van der Waals surface area contributed by atoms with E-state index in [0.717, 1.165) is 12.2 Å². The van der Waals surface area contributed by atoms with Crippen molar-refractivity contribution in [1.82, 2.24) is 0 Å². The van der Waals surface area contributed by atoms with Crippen molar-refractivity contribution >= 4 is 17.9 Å². The summed E-state index contributed by atoms with van der Waals surface area (Å²) < 4.78 is 13.9. The first kappa shape index (κ1) is 16.1. The number of hydrogen-bond donors (Lipinski definition) is 0. The van der Waals surface area contributed by atoms with Crippen molar-refractivity contribution in [1.29, 1.82) is 0 Å². The van der Waals surface area contributed by atoms with Gasteiger partial charge >= 0.3 is 17.9 Å². The summed E-state index contributed by atoms with van der Waals surface area (Å²) in [5, 5.41) is 0. The molecule has 0 saturated carbocycles. The van der Waals surface area contributed by atoms with Crippen LogP contribution in [0.5, 0.6) is 0 Å². The zero-order valence-corrected chi connectivity index (χ0v) is 10.6. The first-order valence-corrected chi connectivity index (χ1v) is 5.77. The Morgan fingerprint density at radius 3 is 1.89 bits per heavy atom. The minimum Gasteiger partial charge on any atom is -0.463 e. The molecule has 0 fully saturated rings. The molecule has 0 unspecified atom stereocenters. The van der Waals surface area contributed by atoms with Gasteiger partial charge < -0.3 is 14.2 Å². The Balaban J connectivity index is 3.79. The van der Waals surface area contributed by atoms with Gasteiger partial charge in [0.25, 0.3) is 0 Å². The smallest absolute Gasteiger partial charge is 0.344 e. The van der Waals surface area contributed by atoms with Crippen LogP contribution >= 0.6 is 0 Å². The topological polar surface area (TPSA) is 78.9 Å². The SMILES string of the molecule is CCCOC(=O)/C=C/C(=O)OCC(=O)OCCC. The van der Waals surface area contributed by atoms with Crippen LogP contribution in [0.3, 0.4) is 0 Å². The van der Waals surface area contributed by atoms with Crippen LogP contribution in [0, 0.1) is 0 Å². The summed E-state index contributed by atoms with van der Waals surface area (Å²) >= 11 is 0. The molecule has 0 spiro atoms. The maximum absolute atomic E-state index is 11.1. The van der Waals surface area contributed by atoms with Gasteiger partial charge in [-0.3, -0.25) is 0 Å². The lowest BCUT2D eigenvalue weighted by Crippen LogP contribution is -2.16. The molecule has 0 heterocycles. The van der Waals surface area contributed by atoms with Gasteiger partial charge in [0, 0.05) is 12.2 Å². The zero-order valence-electron chi connectivity index (χ0n) is 10.6. The molecule has 0 amide bonds. The van der Waals surface area contributed by atoms with Crippen LogP contribution in [0.4, 0.5) is 0 Å². The van der Waals surface area contributed by atoms with Crippen molar-refractivity contribution in [3.8, 4) is 0 Å². The van der Waals surface area contributed by atoms with Gasteiger partial charge in [-0.05, 0) is 12.8 Å². The van der Waals surface area contributed by atoms with Crippen LogP contribution in [0.15, 0.2) is 12.2 Å². The highest BCUT2D eigenvalue weighted by Crippen LogP contribution is 1.89. The molecule has 6 heteroatoms. The van der Waals surface area contributed by atoms with E-state index < -0.39 is 24.5 Å². The van der Waals surface area contributed by atoms with Crippen LogP contribution in [0.2, 0.25) is 0 Å². The second-order valence-electron chi connectivity index (χ2n) is 3.33. The van der Waals surface area contributed by atoms with E-state index in [0.29, 0.717) is 19.4 Å². The van der Waals surface area contributed by atoms with Crippen LogP contribution in [-0.2, 0) is 28.6 Å². The molecule has 0 radical (unpaired) electrons. The minimum absolute atomic E-state index is 0.287. The molecule has 0 saturated heterocycles. The summed E-state index contributed by atoms with van der Waals surface area (Å²) in [6.07, 6.45) is 3.26. The van der Waals surface area contributed by atoms with Crippen molar-refractivity contribution < 1.29 is 28.6 Å². The van der Waals surface area contributed by atoms with Crippen molar-refractivity contribution in [3.05, 3.63) is 12.2 Å². The molecule has 0 aromatic rings. The molecular weight excluding hydrogens is 240 g/mol. The molecule has 0 atom stereocenters. The highest BCUT2D eigenvalue weighted by Gasteiger charge is 2.06. The normalized spacial score (nSPS) is 10.1. The number of carbonyl (C=O) groups excluding carboxylic acids is 3. The molecule has 102 valence electrons. The Kier molecular flexibility index (Phi) is 9.25. The van der Waals surface area contributed by atoms with Gasteiger partial charge in [-0.15, -0.1) is 0 Å². The average molecular weight is 258 g/mol. The standard InChI is InChI=1S/C12H18O6/c1-3-7-16-10(13)5-6-11(14)18-9-12(15)17-8-4-2/h5-6H,3-4,7-9H2,1-2H3/b6-5+. The van der Waals surface area contributed by atoms with E-state index in [-0.39, 0.29) is 6.61 Å². The molecule has 0 aliphatic carbocycles. The summed E-state index contributed by atoms with van der Waals surface area (Å²) in [6.45, 7) is 3.82. The first-order chi connectivity index (χ1) is 8.60. The predicted molar refractivity (Wildman–Crippen MR) is 62.6 cm³/mol. The maximum Gasteiger partial charge on any atom is 0.344 e. The fourth-order valence-corrected chi connectivity index (χ4v) is 0.823. The number of hydrogen-bond acceptors (Lipinski definition) is 6. The second kappa shape index (κ2) is 10.3. The molecular formula is C12H18O6. The Morgan fingerprint density at radius 2 is 1.33 bits per heavy atom. The zero-order chi connectivity index (χ0) is 13.8. The second-order valence-corrected chi connectivity index (χ2v) is 3.33. The molecule has 0 aromatic heterocycles. The molecule has 6 nitrogen and oxygen atoms in total. The van der Waals surface area contributed by atoms with Gasteiger partial charge in [-0.1, -0.05) is 13.8 Å². The third-order valence-electron chi connectivity index (χ3n) is 1.60. The minimum atomic E-state index is -0.795. The third-order valence-corrected chi connectivity index (χ3v) is 1.60. The lowest BCUT2D eigenvalue weighted by Gasteiger charge is -2.02. The predicted octanol–water partition coefficient (Wildman–Crippen LogP) is 0.992. The third kappa shape index (κ3) is 9.38. The van der Waals surface area contributed by atoms with Gasteiger partial charge in [0.15, 0.2) is 6.61 Å². The van der Waals surface area contributed by atoms with E-state index in [1.807, 2.05) is 13.8 Å². The average Bonchev–Trinajstić information content (AvgIpc) is 2.37. The number of ether oxygens (including phenoxy) is 3. The first-order valence-electron chi connectivity index (χ1n) is 5.77. The maximum atomic E-state index is 11.1. The van der Waals surface area contributed by atoms with Crippen molar-refractivity contribution in [2.45, 2.75) is 26.7 Å². The van der Waals surface area contributed by atoms with Gasteiger partial charge in [-0.25, -0.2) is 14.4 Å². The quantitative estimate of drug-likeness (QED) is 0.367. The Morgan fingerprint density at radius 1 is 0.833 bits per heavy atom. The fourth-order valence-electron chi connectivity index (χ4n) is 0.823. The summed E-state index contributed by atoms with van der Waals surface area (Å²) in [7, 11) is 0. The van der Waals surface area contributed by atoms with Crippen LogP contribution < -0.4 is 0 Å². The van der Waals surface area contributed by atoms with Gasteiger partial charge in [0.05, 0.1) is 13.2 Å². The van der Waals surface area contributed by atoms with E-state index in [1.165, 1.54) is 0 Å². The van der Waals surface area contributed by atoms with Crippen molar-refractivity contribution in [3.63, 3.8) is 0 Å². The van der Waals surface area contributed by atoms with Crippen LogP contribution in [0.25, 0.3) is 0 Å². The monoisotopic (exact) mass is 258 g/mol. The Hall–Kier alpha value is -1.85. The van der Waals surface area contributed by atoms with Crippen molar-refractivity contribution in [2.75, 3.05) is 19.8 Å². The molecule has 0 aromatic carbocycles. The number of carbonyl (C=O) groups is 3. The highest BCUT2D eigenvalue weighted by molar-refractivity contribution is 5.92. The highest BCUT2D eigenvalue weighted by atomic mass is 16.6. The summed E-state index contributed by atoms with van der Waals surface area (Å²) in [5.74, 6) is -2.04. The fraction of sp³-hybridized carbons (Fsp3) is 0.583. The van der Waals surface area contributed by atoms with Crippen molar-refractivity contribution in [2.24, 2.45) is 0 Å². The van der Waals surface area contributed by atoms with Gasteiger partial charge in [0.1, 0.15) is 0 Å². The lowest BCUT2D eigenvalue weighted by atomic mass is 10.5. The summed E-state index contributed by atoms with van der Waals surface area (Å²) in [4.78, 5) is 33.0. The summed E-state index contributed by atoms with van der Waals surface area (Å²) in [5.41, 5.74) is 0. The molecule has 0 N–H and O–H groups in total. The number of rotatable bonds is 8. The molecule has 18 heavy (non-hydrogen) atoms. The molecule has 0 aliphatic rings. The molecule has 0 rings (SSSR count).